The molecule has 1 aliphatic heterocycles. The van der Waals surface area contributed by atoms with Crippen molar-refractivity contribution in [2.24, 2.45) is 10.7 Å². The van der Waals surface area contributed by atoms with Gasteiger partial charge in [0.25, 0.3) is 0 Å². The van der Waals surface area contributed by atoms with Crippen LogP contribution in [-0.2, 0) is 6.42 Å². The van der Waals surface area contributed by atoms with E-state index in [1.54, 1.807) is 25.3 Å². The molecule has 31 heavy (non-hydrogen) atoms. The molecular weight excluding hydrogens is 388 g/mol. The number of ether oxygens (including phenoxy) is 1. The lowest BCUT2D eigenvalue weighted by atomic mass is 10.1. The van der Waals surface area contributed by atoms with Gasteiger partial charge in [-0.3, -0.25) is 9.89 Å². The van der Waals surface area contributed by atoms with E-state index in [2.05, 4.69) is 21.7 Å². The summed E-state index contributed by atoms with van der Waals surface area (Å²) in [4.78, 5) is 8.42. The van der Waals surface area contributed by atoms with Gasteiger partial charge in [-0.2, -0.15) is 0 Å². The van der Waals surface area contributed by atoms with E-state index >= 15 is 0 Å². The van der Waals surface area contributed by atoms with E-state index in [1.165, 1.54) is 12.8 Å². The number of nitrogens with zero attached hydrogens (tertiary/aromatic N) is 3. The highest BCUT2D eigenvalue weighted by Gasteiger charge is 2.23. The van der Waals surface area contributed by atoms with E-state index in [4.69, 9.17) is 14.9 Å². The Morgan fingerprint density at radius 2 is 2.00 bits per heavy atom. The zero-order chi connectivity index (χ0) is 21.6. The van der Waals surface area contributed by atoms with Crippen molar-refractivity contribution in [3.05, 3.63) is 54.3 Å². The first kappa shape index (κ1) is 20.8. The minimum absolute atomic E-state index is 0.315. The molecule has 1 aliphatic rings. The van der Waals surface area contributed by atoms with Crippen LogP contribution in [0.4, 0.5) is 11.6 Å². The Kier molecular flexibility index (Phi) is 6.44. The van der Waals surface area contributed by atoms with E-state index in [0.717, 1.165) is 41.7 Å². The molecule has 6 nitrogen and oxygen atoms in total. The van der Waals surface area contributed by atoms with Gasteiger partial charge in [-0.1, -0.05) is 36.1 Å². The quantitative estimate of drug-likeness (QED) is 0.384. The number of hydrogen-bond donors (Lipinski definition) is 1. The number of guanidine groups is 1. The fraction of sp³-hybridized carbons (Fsp3) is 0.320. The lowest BCUT2D eigenvalue weighted by Gasteiger charge is -2.24. The van der Waals surface area contributed by atoms with Gasteiger partial charge < -0.3 is 14.9 Å². The molecule has 2 N–H and O–H groups in total. The smallest absolute Gasteiger partial charge is 0.214 e. The highest BCUT2D eigenvalue weighted by atomic mass is 16.5. The number of nitrogens with two attached hydrogens (primary N) is 1. The zero-order valence-electron chi connectivity index (χ0n) is 18.1. The third kappa shape index (κ3) is 4.52. The first-order chi connectivity index (χ1) is 15.2. The van der Waals surface area contributed by atoms with Crippen LogP contribution in [0.3, 0.4) is 0 Å². The number of aliphatic imine (C=N–C) groups is 1. The Balaban J connectivity index is 1.67. The molecule has 0 unspecified atom stereocenters. The van der Waals surface area contributed by atoms with Gasteiger partial charge in [-0.25, -0.2) is 4.90 Å². The second-order valence-corrected chi connectivity index (χ2v) is 7.57. The van der Waals surface area contributed by atoms with Crippen LogP contribution < -0.4 is 15.4 Å². The van der Waals surface area contributed by atoms with Crippen molar-refractivity contribution in [3.8, 4) is 17.6 Å². The predicted molar refractivity (Wildman–Crippen MR) is 126 cm³/mol. The fourth-order valence-electron chi connectivity index (χ4n) is 3.88. The van der Waals surface area contributed by atoms with Crippen LogP contribution in [0.5, 0.6) is 5.75 Å². The van der Waals surface area contributed by atoms with Crippen molar-refractivity contribution in [2.75, 3.05) is 38.7 Å². The number of hydrogen-bond acceptors (Lipinski definition) is 4. The number of likely N-dealkylation sites (tertiary alicyclic amines) is 1. The molecule has 0 amide bonds. The predicted octanol–water partition coefficient (Wildman–Crippen LogP) is 4.17. The van der Waals surface area contributed by atoms with Crippen molar-refractivity contribution >= 4 is 28.3 Å². The summed E-state index contributed by atoms with van der Waals surface area (Å²) in [6.07, 6.45) is 4.93. The molecule has 2 heterocycles. The summed E-state index contributed by atoms with van der Waals surface area (Å²) >= 11 is 0. The summed E-state index contributed by atoms with van der Waals surface area (Å²) in [7, 11) is 3.31. The van der Waals surface area contributed by atoms with Crippen molar-refractivity contribution in [1.82, 2.24) is 4.90 Å². The second-order valence-electron chi connectivity index (χ2n) is 7.57. The molecule has 160 valence electrons. The Hall–Kier alpha value is -3.43. The summed E-state index contributed by atoms with van der Waals surface area (Å²) in [5.74, 6) is 8.21. The summed E-state index contributed by atoms with van der Waals surface area (Å²) in [5.41, 5.74) is 8.17. The van der Waals surface area contributed by atoms with E-state index in [1.807, 2.05) is 42.5 Å². The molecule has 6 heteroatoms. The number of furan rings is 1. The minimum atomic E-state index is 0.315. The number of rotatable bonds is 5. The lowest BCUT2D eigenvalue weighted by molar-refractivity contribution is 0.383. The monoisotopic (exact) mass is 416 g/mol. The SMILES string of the molecule is CN=C(N)N(c1cc(CC#CCN2CCCC2)ccc1OC)c1occ2ccccc12. The van der Waals surface area contributed by atoms with Gasteiger partial charge in [0.1, 0.15) is 12.0 Å². The van der Waals surface area contributed by atoms with E-state index in [-0.39, 0.29) is 0 Å². The molecule has 3 aromatic rings. The molecule has 1 aromatic heterocycles. The zero-order valence-corrected chi connectivity index (χ0v) is 18.1. The topological polar surface area (TPSA) is 67.2 Å². The number of benzene rings is 2. The summed E-state index contributed by atoms with van der Waals surface area (Å²) in [6, 6.07) is 14.0. The van der Waals surface area contributed by atoms with Crippen LogP contribution in [0.2, 0.25) is 0 Å². The van der Waals surface area contributed by atoms with Gasteiger partial charge in [0.15, 0.2) is 0 Å². The van der Waals surface area contributed by atoms with Gasteiger partial charge in [0.2, 0.25) is 11.8 Å². The van der Waals surface area contributed by atoms with Crippen molar-refractivity contribution in [3.63, 3.8) is 0 Å². The average molecular weight is 417 g/mol. The molecule has 1 saturated heterocycles. The molecule has 0 bridgehead atoms. The molecule has 0 aliphatic carbocycles. The van der Waals surface area contributed by atoms with Gasteiger partial charge in [0, 0.05) is 24.2 Å². The van der Waals surface area contributed by atoms with Gasteiger partial charge in [0.05, 0.1) is 19.3 Å². The normalized spacial score (nSPS) is 14.5. The summed E-state index contributed by atoms with van der Waals surface area (Å²) in [6.45, 7) is 3.15. The van der Waals surface area contributed by atoms with Gasteiger partial charge in [-0.05, 0) is 49.7 Å². The average Bonchev–Trinajstić information content (AvgIpc) is 3.47. The van der Waals surface area contributed by atoms with Crippen LogP contribution in [-0.4, -0.2) is 44.7 Å². The largest absolute Gasteiger partial charge is 0.495 e. The third-order valence-electron chi connectivity index (χ3n) is 5.55. The molecule has 0 radical (unpaired) electrons. The van der Waals surface area contributed by atoms with Crippen molar-refractivity contribution < 1.29 is 9.15 Å². The lowest BCUT2D eigenvalue weighted by Crippen LogP contribution is -2.33. The maximum Gasteiger partial charge on any atom is 0.214 e. The van der Waals surface area contributed by atoms with Crippen LogP contribution in [0.15, 0.2) is 58.1 Å². The highest BCUT2D eigenvalue weighted by molar-refractivity contribution is 6.08. The van der Waals surface area contributed by atoms with Crippen LogP contribution >= 0.6 is 0 Å². The molecule has 0 spiro atoms. The third-order valence-corrected chi connectivity index (χ3v) is 5.55. The Morgan fingerprint density at radius 3 is 2.77 bits per heavy atom. The number of fused-ring (bicyclic) bond motifs is 1. The summed E-state index contributed by atoms with van der Waals surface area (Å²) in [5, 5.41) is 1.95. The van der Waals surface area contributed by atoms with Crippen LogP contribution in [0.25, 0.3) is 10.8 Å². The molecule has 1 fully saturated rings. The van der Waals surface area contributed by atoms with E-state index in [9.17, 15) is 0 Å². The fourth-order valence-corrected chi connectivity index (χ4v) is 3.88. The standard InChI is InChI=1S/C25H28N4O2/c1-27-25(26)29(24-21-11-4-3-10-20(21)18-31-24)22-17-19(12-13-23(22)30-2)9-5-6-14-28-15-7-8-16-28/h3-4,10-13,17-18H,7-9,14-16H2,1-2H3,(H2,26,27). The van der Waals surface area contributed by atoms with E-state index < -0.39 is 0 Å². The molecule has 2 aromatic carbocycles. The Morgan fingerprint density at radius 1 is 1.19 bits per heavy atom. The molecule has 0 saturated carbocycles. The minimum Gasteiger partial charge on any atom is -0.495 e. The highest BCUT2D eigenvalue weighted by Crippen LogP contribution is 2.39. The number of anilines is 2. The first-order valence-electron chi connectivity index (χ1n) is 10.5. The van der Waals surface area contributed by atoms with Gasteiger partial charge >= 0.3 is 0 Å². The molecular formula is C25H28N4O2. The van der Waals surface area contributed by atoms with E-state index in [0.29, 0.717) is 24.0 Å². The molecule has 4 rings (SSSR count). The second kappa shape index (κ2) is 9.59. The maximum absolute atomic E-state index is 6.32. The Bertz CT molecular complexity index is 1130. The van der Waals surface area contributed by atoms with Gasteiger partial charge in [-0.15, -0.1) is 0 Å². The van der Waals surface area contributed by atoms with Crippen LogP contribution in [0, 0.1) is 11.8 Å². The van der Waals surface area contributed by atoms with Crippen molar-refractivity contribution in [1.29, 1.82) is 0 Å². The molecule has 0 atom stereocenters. The Labute approximate surface area is 183 Å². The van der Waals surface area contributed by atoms with Crippen molar-refractivity contribution in [2.45, 2.75) is 19.3 Å². The first-order valence-corrected chi connectivity index (χ1v) is 10.5. The number of methoxy groups -OCH3 is 1. The van der Waals surface area contributed by atoms with Crippen LogP contribution in [0.1, 0.15) is 18.4 Å². The summed E-state index contributed by atoms with van der Waals surface area (Å²) < 4.78 is 11.6. The maximum atomic E-state index is 6.32.